The maximum Gasteiger partial charge on any atom is 0.260 e. The van der Waals surface area contributed by atoms with Crippen molar-refractivity contribution in [3.8, 4) is 5.75 Å². The standard InChI is InChI=1S/C15H18BrClN2O3/c1-9-5-11(16)6-12(17)14(9)22-8-13(20)19-4-2-3-10(7-19)15(18)21/h5-6,10H,2-4,7-8H2,1H3,(H2,18,21)/t10-/m0/s1. The van der Waals surface area contributed by atoms with Crippen molar-refractivity contribution in [3.63, 3.8) is 0 Å². The van der Waals surface area contributed by atoms with Crippen LogP contribution in [0.5, 0.6) is 5.75 Å². The topological polar surface area (TPSA) is 72.6 Å². The lowest BCUT2D eigenvalue weighted by Crippen LogP contribution is -2.45. The molecule has 22 heavy (non-hydrogen) atoms. The summed E-state index contributed by atoms with van der Waals surface area (Å²) < 4.78 is 6.43. The molecule has 1 atom stereocenters. The number of nitrogens with zero attached hydrogens (tertiary/aromatic N) is 1. The fourth-order valence-electron chi connectivity index (χ4n) is 2.53. The minimum atomic E-state index is -0.356. The van der Waals surface area contributed by atoms with E-state index in [1.807, 2.05) is 13.0 Å². The molecule has 0 aliphatic carbocycles. The molecule has 1 aliphatic heterocycles. The monoisotopic (exact) mass is 388 g/mol. The van der Waals surface area contributed by atoms with Crippen LogP contribution in [0.2, 0.25) is 5.02 Å². The summed E-state index contributed by atoms with van der Waals surface area (Å²) >= 11 is 9.48. The highest BCUT2D eigenvalue weighted by Crippen LogP contribution is 2.32. The minimum absolute atomic E-state index is 0.103. The maximum atomic E-state index is 12.2. The number of aryl methyl sites for hydroxylation is 1. The lowest BCUT2D eigenvalue weighted by molar-refractivity contribution is -0.136. The first-order chi connectivity index (χ1) is 10.4. The second-order valence-electron chi connectivity index (χ2n) is 5.40. The molecule has 5 nitrogen and oxygen atoms in total. The van der Waals surface area contributed by atoms with E-state index in [9.17, 15) is 9.59 Å². The van der Waals surface area contributed by atoms with Crippen LogP contribution in [0.4, 0.5) is 0 Å². The van der Waals surface area contributed by atoms with Crippen molar-refractivity contribution in [2.45, 2.75) is 19.8 Å². The Labute approximate surface area is 142 Å². The number of hydrogen-bond donors (Lipinski definition) is 1. The molecule has 0 saturated carbocycles. The van der Waals surface area contributed by atoms with Gasteiger partial charge < -0.3 is 15.4 Å². The van der Waals surface area contributed by atoms with Gasteiger partial charge in [-0.2, -0.15) is 0 Å². The SMILES string of the molecule is Cc1cc(Br)cc(Cl)c1OCC(=O)N1CCC[C@H](C(N)=O)C1. The molecule has 2 rings (SSSR count). The van der Waals surface area contributed by atoms with Crippen LogP contribution in [0.15, 0.2) is 16.6 Å². The Morgan fingerprint density at radius 1 is 1.50 bits per heavy atom. The van der Waals surface area contributed by atoms with Crippen LogP contribution in [0.25, 0.3) is 0 Å². The van der Waals surface area contributed by atoms with Crippen LogP contribution in [0.1, 0.15) is 18.4 Å². The Balaban J connectivity index is 1.97. The second-order valence-corrected chi connectivity index (χ2v) is 6.73. The van der Waals surface area contributed by atoms with E-state index in [0.717, 1.165) is 22.9 Å². The summed E-state index contributed by atoms with van der Waals surface area (Å²) in [6.07, 6.45) is 1.51. The number of rotatable bonds is 4. The molecule has 120 valence electrons. The first kappa shape index (κ1) is 17.1. The third-order valence-corrected chi connectivity index (χ3v) is 4.45. The van der Waals surface area contributed by atoms with Crippen molar-refractivity contribution >= 4 is 39.3 Å². The summed E-state index contributed by atoms with van der Waals surface area (Å²) in [5, 5.41) is 0.452. The number of ether oxygens (including phenoxy) is 1. The van der Waals surface area contributed by atoms with Gasteiger partial charge in [0.25, 0.3) is 5.91 Å². The van der Waals surface area contributed by atoms with Crippen molar-refractivity contribution in [2.24, 2.45) is 11.7 Å². The largest absolute Gasteiger partial charge is 0.482 e. The zero-order chi connectivity index (χ0) is 16.3. The molecule has 0 aromatic heterocycles. The molecule has 0 bridgehead atoms. The number of benzene rings is 1. The van der Waals surface area contributed by atoms with E-state index in [-0.39, 0.29) is 24.3 Å². The van der Waals surface area contributed by atoms with Crippen molar-refractivity contribution in [3.05, 3.63) is 27.2 Å². The lowest BCUT2D eigenvalue weighted by Gasteiger charge is -2.31. The normalized spacial score (nSPS) is 18.1. The summed E-state index contributed by atoms with van der Waals surface area (Å²) in [6.45, 7) is 2.75. The number of likely N-dealkylation sites (tertiary alicyclic amines) is 1. The van der Waals surface area contributed by atoms with Crippen LogP contribution in [-0.2, 0) is 9.59 Å². The number of hydrogen-bond acceptors (Lipinski definition) is 3. The molecule has 1 fully saturated rings. The van der Waals surface area contributed by atoms with Crippen molar-refractivity contribution in [1.29, 1.82) is 0 Å². The molecule has 1 aliphatic rings. The second kappa shape index (κ2) is 7.33. The molecule has 1 aromatic rings. The molecule has 1 aromatic carbocycles. The number of piperidine rings is 1. The average molecular weight is 390 g/mol. The van der Waals surface area contributed by atoms with E-state index in [2.05, 4.69) is 15.9 Å². The summed E-state index contributed by atoms with van der Waals surface area (Å²) in [5.74, 6) is -0.285. The highest BCUT2D eigenvalue weighted by atomic mass is 79.9. The highest BCUT2D eigenvalue weighted by molar-refractivity contribution is 9.10. The minimum Gasteiger partial charge on any atom is -0.482 e. The van der Waals surface area contributed by atoms with Crippen molar-refractivity contribution < 1.29 is 14.3 Å². The molecule has 2 amide bonds. The zero-order valence-electron chi connectivity index (χ0n) is 12.3. The van der Waals surface area contributed by atoms with Gasteiger partial charge in [-0.05, 0) is 37.5 Å². The van der Waals surface area contributed by atoms with Gasteiger partial charge >= 0.3 is 0 Å². The first-order valence-corrected chi connectivity index (χ1v) is 8.21. The van der Waals surface area contributed by atoms with Gasteiger partial charge in [0.2, 0.25) is 5.91 Å². The summed E-state index contributed by atoms with van der Waals surface area (Å²) in [4.78, 5) is 25.1. The molecule has 1 saturated heterocycles. The van der Waals surface area contributed by atoms with Gasteiger partial charge in [0.1, 0.15) is 5.75 Å². The number of amides is 2. The molecule has 7 heteroatoms. The summed E-state index contributed by atoms with van der Waals surface area (Å²) in [5.41, 5.74) is 6.17. The Kier molecular flexibility index (Phi) is 5.69. The number of carbonyl (C=O) groups is 2. The fourth-order valence-corrected chi connectivity index (χ4v) is 3.56. The Bertz CT molecular complexity index is 571. The molecular formula is C15H18BrClN2O3. The summed E-state index contributed by atoms with van der Waals surface area (Å²) in [6, 6.07) is 3.59. The molecule has 0 radical (unpaired) electrons. The Morgan fingerprint density at radius 2 is 2.23 bits per heavy atom. The number of nitrogens with two attached hydrogens (primary N) is 1. The predicted octanol–water partition coefficient (Wildman–Crippen LogP) is 2.51. The quantitative estimate of drug-likeness (QED) is 0.860. The third-order valence-electron chi connectivity index (χ3n) is 3.71. The van der Waals surface area contributed by atoms with Gasteiger partial charge in [-0.3, -0.25) is 9.59 Å². The Morgan fingerprint density at radius 3 is 2.86 bits per heavy atom. The first-order valence-electron chi connectivity index (χ1n) is 7.04. The smallest absolute Gasteiger partial charge is 0.260 e. The van der Waals surface area contributed by atoms with Crippen LogP contribution in [0, 0.1) is 12.8 Å². The molecule has 0 spiro atoms. The molecular weight excluding hydrogens is 372 g/mol. The van der Waals surface area contributed by atoms with Crippen LogP contribution >= 0.6 is 27.5 Å². The van der Waals surface area contributed by atoms with E-state index in [0.29, 0.717) is 23.9 Å². The van der Waals surface area contributed by atoms with E-state index in [1.54, 1.807) is 11.0 Å². The van der Waals surface area contributed by atoms with Gasteiger partial charge in [0.05, 0.1) is 10.9 Å². The highest BCUT2D eigenvalue weighted by Gasteiger charge is 2.27. The van der Waals surface area contributed by atoms with Crippen LogP contribution in [0.3, 0.4) is 0 Å². The zero-order valence-corrected chi connectivity index (χ0v) is 14.6. The molecule has 2 N–H and O–H groups in total. The van der Waals surface area contributed by atoms with E-state index in [4.69, 9.17) is 22.1 Å². The average Bonchev–Trinajstić information content (AvgIpc) is 2.46. The third kappa shape index (κ3) is 4.14. The predicted molar refractivity (Wildman–Crippen MR) is 87.9 cm³/mol. The van der Waals surface area contributed by atoms with Gasteiger partial charge in [-0.1, -0.05) is 27.5 Å². The van der Waals surface area contributed by atoms with Gasteiger partial charge in [0.15, 0.2) is 6.61 Å². The molecule has 1 heterocycles. The van der Waals surface area contributed by atoms with Gasteiger partial charge in [-0.15, -0.1) is 0 Å². The van der Waals surface area contributed by atoms with E-state index >= 15 is 0 Å². The lowest BCUT2D eigenvalue weighted by atomic mass is 9.97. The van der Waals surface area contributed by atoms with E-state index in [1.165, 1.54) is 0 Å². The fraction of sp³-hybridized carbons (Fsp3) is 0.467. The maximum absolute atomic E-state index is 12.2. The van der Waals surface area contributed by atoms with Crippen LogP contribution < -0.4 is 10.5 Å². The summed E-state index contributed by atoms with van der Waals surface area (Å²) in [7, 11) is 0. The van der Waals surface area contributed by atoms with E-state index < -0.39 is 0 Å². The van der Waals surface area contributed by atoms with Gasteiger partial charge in [-0.25, -0.2) is 0 Å². The Hall–Kier alpha value is -1.27. The number of primary amides is 1. The van der Waals surface area contributed by atoms with Gasteiger partial charge in [0, 0.05) is 17.6 Å². The number of carbonyl (C=O) groups excluding carboxylic acids is 2. The van der Waals surface area contributed by atoms with Crippen LogP contribution in [-0.4, -0.2) is 36.4 Å². The number of halogens is 2. The van der Waals surface area contributed by atoms with Crippen molar-refractivity contribution in [2.75, 3.05) is 19.7 Å². The van der Waals surface area contributed by atoms with Crippen molar-refractivity contribution in [1.82, 2.24) is 4.90 Å². The molecule has 0 unspecified atom stereocenters.